The number of imidazole rings is 1. The first kappa shape index (κ1) is 8.91. The second-order valence-corrected chi connectivity index (χ2v) is 3.91. The molecule has 0 saturated heterocycles. The van der Waals surface area contributed by atoms with Crippen molar-refractivity contribution in [1.82, 2.24) is 19.9 Å². The van der Waals surface area contributed by atoms with Gasteiger partial charge in [-0.2, -0.15) is 9.97 Å². The van der Waals surface area contributed by atoms with Crippen molar-refractivity contribution in [2.24, 2.45) is 0 Å². The first-order valence-electron chi connectivity index (χ1n) is 4.86. The maximum Gasteiger partial charge on any atom is 0.244 e. The van der Waals surface area contributed by atoms with Crippen molar-refractivity contribution in [3.8, 4) is 5.88 Å². The van der Waals surface area contributed by atoms with E-state index in [1.54, 1.807) is 6.33 Å². The minimum atomic E-state index is 0.170. The van der Waals surface area contributed by atoms with E-state index >= 15 is 0 Å². The Morgan fingerprint density at radius 3 is 3.00 bits per heavy atom. The molecule has 3 rings (SSSR count). The van der Waals surface area contributed by atoms with Gasteiger partial charge in [0.15, 0.2) is 5.65 Å². The van der Waals surface area contributed by atoms with Gasteiger partial charge in [-0.25, -0.2) is 4.98 Å². The van der Waals surface area contributed by atoms with Crippen molar-refractivity contribution < 1.29 is 4.74 Å². The molecule has 0 atom stereocenters. The van der Waals surface area contributed by atoms with Crippen LogP contribution in [0.15, 0.2) is 6.33 Å². The van der Waals surface area contributed by atoms with Gasteiger partial charge in [0, 0.05) is 0 Å². The summed E-state index contributed by atoms with van der Waals surface area (Å²) in [4.78, 5) is 15.0. The van der Waals surface area contributed by atoms with E-state index in [9.17, 15) is 0 Å². The van der Waals surface area contributed by atoms with Gasteiger partial charge in [-0.15, -0.1) is 0 Å². The van der Waals surface area contributed by atoms with Gasteiger partial charge in [0.05, 0.1) is 6.33 Å². The molecule has 2 heterocycles. The summed E-state index contributed by atoms with van der Waals surface area (Å²) in [5.41, 5.74) is 1.26. The Morgan fingerprint density at radius 2 is 2.27 bits per heavy atom. The maximum absolute atomic E-state index is 5.77. The lowest BCUT2D eigenvalue weighted by molar-refractivity contribution is 0.116. The highest BCUT2D eigenvalue weighted by Gasteiger charge is 2.21. The van der Waals surface area contributed by atoms with E-state index in [1.807, 2.05) is 0 Å². The highest BCUT2D eigenvalue weighted by atomic mass is 35.5. The average Bonchev–Trinajstić information content (AvgIpc) is 2.58. The van der Waals surface area contributed by atoms with Gasteiger partial charge in [-0.3, -0.25) is 0 Å². The zero-order valence-electron chi connectivity index (χ0n) is 7.90. The van der Waals surface area contributed by atoms with E-state index in [0.717, 1.165) is 12.8 Å². The largest absolute Gasteiger partial charge is 0.473 e. The first-order chi connectivity index (χ1) is 7.33. The average molecular weight is 225 g/mol. The number of fused-ring (bicyclic) bond motifs is 1. The Hall–Kier alpha value is -1.36. The van der Waals surface area contributed by atoms with Crippen LogP contribution in [0, 0.1) is 0 Å². The number of aromatic amines is 1. The lowest BCUT2D eigenvalue weighted by atomic mass is 9.96. The predicted molar refractivity (Wildman–Crippen MR) is 55.0 cm³/mol. The van der Waals surface area contributed by atoms with Crippen LogP contribution >= 0.6 is 11.6 Å². The standard InChI is InChI=1S/C9H9ClN4O/c10-9-13-7-6(11-4-12-7)8(14-9)15-5-2-1-3-5/h4-5H,1-3H2,(H,11,12,13,14). The van der Waals surface area contributed by atoms with Gasteiger partial charge in [0.25, 0.3) is 0 Å². The number of nitrogens with one attached hydrogen (secondary N) is 1. The van der Waals surface area contributed by atoms with Crippen LogP contribution in [0.4, 0.5) is 0 Å². The zero-order chi connectivity index (χ0) is 10.3. The van der Waals surface area contributed by atoms with Gasteiger partial charge in [0.1, 0.15) is 11.6 Å². The fourth-order valence-corrected chi connectivity index (χ4v) is 1.67. The summed E-state index contributed by atoms with van der Waals surface area (Å²) in [6.45, 7) is 0. The minimum Gasteiger partial charge on any atom is -0.473 e. The van der Waals surface area contributed by atoms with E-state index < -0.39 is 0 Å². The number of halogens is 1. The molecule has 0 aliphatic heterocycles. The summed E-state index contributed by atoms with van der Waals surface area (Å²) < 4.78 is 5.70. The molecule has 1 aliphatic carbocycles. The number of ether oxygens (including phenoxy) is 1. The molecule has 0 bridgehead atoms. The molecule has 15 heavy (non-hydrogen) atoms. The fraction of sp³-hybridized carbons (Fsp3) is 0.444. The first-order valence-corrected chi connectivity index (χ1v) is 5.24. The van der Waals surface area contributed by atoms with Crippen molar-refractivity contribution in [1.29, 1.82) is 0 Å². The van der Waals surface area contributed by atoms with Crippen LogP contribution in [-0.4, -0.2) is 26.0 Å². The smallest absolute Gasteiger partial charge is 0.244 e. The number of nitrogens with zero attached hydrogens (tertiary/aromatic N) is 3. The Kier molecular flexibility index (Phi) is 1.98. The molecule has 1 fully saturated rings. The number of aromatic nitrogens is 4. The van der Waals surface area contributed by atoms with Crippen LogP contribution < -0.4 is 4.74 Å². The van der Waals surface area contributed by atoms with Gasteiger partial charge < -0.3 is 9.72 Å². The third-order valence-electron chi connectivity index (χ3n) is 2.56. The minimum absolute atomic E-state index is 0.170. The summed E-state index contributed by atoms with van der Waals surface area (Å²) in [5, 5.41) is 0.170. The van der Waals surface area contributed by atoms with E-state index in [1.165, 1.54) is 6.42 Å². The third kappa shape index (κ3) is 1.52. The molecule has 2 aromatic rings. The molecule has 1 saturated carbocycles. The van der Waals surface area contributed by atoms with Crippen molar-refractivity contribution in [2.75, 3.05) is 0 Å². The Morgan fingerprint density at radius 1 is 1.40 bits per heavy atom. The van der Waals surface area contributed by atoms with E-state index in [4.69, 9.17) is 16.3 Å². The molecule has 0 spiro atoms. The molecular weight excluding hydrogens is 216 g/mol. The summed E-state index contributed by atoms with van der Waals surface area (Å²) in [7, 11) is 0. The molecule has 1 N–H and O–H groups in total. The van der Waals surface area contributed by atoms with E-state index in [0.29, 0.717) is 17.0 Å². The van der Waals surface area contributed by atoms with Crippen LogP contribution in [-0.2, 0) is 0 Å². The lowest BCUT2D eigenvalue weighted by Crippen LogP contribution is -2.25. The monoisotopic (exact) mass is 224 g/mol. The normalized spacial score (nSPS) is 16.6. The molecule has 0 aromatic carbocycles. The number of H-pyrrole nitrogens is 1. The fourth-order valence-electron chi connectivity index (χ4n) is 1.51. The van der Waals surface area contributed by atoms with Gasteiger partial charge in [-0.05, 0) is 30.9 Å². The highest BCUT2D eigenvalue weighted by molar-refractivity contribution is 6.28. The number of rotatable bonds is 2. The topological polar surface area (TPSA) is 63.7 Å². The lowest BCUT2D eigenvalue weighted by Gasteiger charge is -2.25. The third-order valence-corrected chi connectivity index (χ3v) is 2.72. The van der Waals surface area contributed by atoms with Gasteiger partial charge in [0.2, 0.25) is 11.2 Å². The molecular formula is C9H9ClN4O. The van der Waals surface area contributed by atoms with Crippen molar-refractivity contribution in [3.05, 3.63) is 11.6 Å². The predicted octanol–water partition coefficient (Wildman–Crippen LogP) is 1.94. The summed E-state index contributed by atoms with van der Waals surface area (Å²) in [6, 6.07) is 0. The highest BCUT2D eigenvalue weighted by Crippen LogP contribution is 2.28. The molecule has 2 aromatic heterocycles. The van der Waals surface area contributed by atoms with E-state index in [-0.39, 0.29) is 11.4 Å². The van der Waals surface area contributed by atoms with E-state index in [2.05, 4.69) is 19.9 Å². The molecule has 6 heteroatoms. The second-order valence-electron chi connectivity index (χ2n) is 3.57. The molecule has 0 amide bonds. The van der Waals surface area contributed by atoms with Crippen LogP contribution in [0.2, 0.25) is 5.28 Å². The van der Waals surface area contributed by atoms with Crippen molar-refractivity contribution in [2.45, 2.75) is 25.4 Å². The van der Waals surface area contributed by atoms with Gasteiger partial charge in [-0.1, -0.05) is 0 Å². The van der Waals surface area contributed by atoms with Crippen molar-refractivity contribution in [3.63, 3.8) is 0 Å². The number of hydrogen-bond acceptors (Lipinski definition) is 4. The Labute approximate surface area is 90.9 Å². The summed E-state index contributed by atoms with van der Waals surface area (Å²) >= 11 is 5.77. The molecule has 0 unspecified atom stereocenters. The summed E-state index contributed by atoms with van der Waals surface area (Å²) in [5.74, 6) is 0.507. The number of hydrogen-bond donors (Lipinski definition) is 1. The quantitative estimate of drug-likeness (QED) is 0.792. The Bertz CT molecular complexity index is 494. The zero-order valence-corrected chi connectivity index (χ0v) is 8.66. The SMILES string of the molecule is Clc1nc(OC2CCC2)c2[nH]cnc2n1. The van der Waals surface area contributed by atoms with Crippen LogP contribution in [0.3, 0.4) is 0 Å². The molecule has 1 aliphatic rings. The second kappa shape index (κ2) is 3.34. The van der Waals surface area contributed by atoms with Crippen LogP contribution in [0.5, 0.6) is 5.88 Å². The molecule has 5 nitrogen and oxygen atoms in total. The summed E-state index contributed by atoms with van der Waals surface area (Å²) in [6.07, 6.45) is 5.20. The van der Waals surface area contributed by atoms with Crippen LogP contribution in [0.25, 0.3) is 11.2 Å². The molecule has 78 valence electrons. The van der Waals surface area contributed by atoms with Gasteiger partial charge >= 0.3 is 0 Å². The maximum atomic E-state index is 5.77. The van der Waals surface area contributed by atoms with Crippen LogP contribution in [0.1, 0.15) is 19.3 Å². The Balaban J connectivity index is 2.02. The van der Waals surface area contributed by atoms with Crippen molar-refractivity contribution >= 4 is 22.8 Å². The molecule has 0 radical (unpaired) electrons.